The van der Waals surface area contributed by atoms with Gasteiger partial charge in [-0.05, 0) is 133 Å². The van der Waals surface area contributed by atoms with Crippen molar-refractivity contribution in [3.05, 3.63) is 163 Å². The van der Waals surface area contributed by atoms with E-state index in [1.54, 1.807) is 24.5 Å². The van der Waals surface area contributed by atoms with Crippen molar-refractivity contribution in [1.82, 2.24) is 9.97 Å². The number of rotatable bonds is 13. The fourth-order valence-electron chi connectivity index (χ4n) is 5.66. The molecule has 0 amide bonds. The monoisotopic (exact) mass is 762 g/mol. The number of ether oxygens (including phenoxy) is 3. The van der Waals surface area contributed by atoms with E-state index in [0.717, 1.165) is 17.0 Å². The zero-order valence-electron chi connectivity index (χ0n) is 31.4. The van der Waals surface area contributed by atoms with Gasteiger partial charge in [-0.15, -0.1) is 0 Å². The van der Waals surface area contributed by atoms with E-state index in [2.05, 4.69) is 30.7 Å². The summed E-state index contributed by atoms with van der Waals surface area (Å²) in [5, 5.41) is 0. The molecule has 6 aromatic rings. The van der Waals surface area contributed by atoms with Crippen LogP contribution in [0.5, 0.6) is 17.2 Å². The Morgan fingerprint density at radius 3 is 1.41 bits per heavy atom. The van der Waals surface area contributed by atoms with E-state index < -0.39 is 26.0 Å². The van der Waals surface area contributed by atoms with Crippen LogP contribution in [0.1, 0.15) is 58.5 Å². The number of aromatic nitrogens is 2. The SMILES string of the molecule is CC(C)(C)Oc1cccc(S(OS(=O)(=O)c2ccc(C(C)(C)C)cc2)(c2cccc(OCc3ccccn3)c2)c2cccc(OCc3ccccn3)c2)c1. The third kappa shape index (κ3) is 9.49. The summed E-state index contributed by atoms with van der Waals surface area (Å²) in [6.45, 7) is 12.6. The van der Waals surface area contributed by atoms with Crippen LogP contribution in [0.3, 0.4) is 0 Å². The Bertz CT molecular complexity index is 2180. The van der Waals surface area contributed by atoms with E-state index in [0.29, 0.717) is 31.9 Å². The van der Waals surface area contributed by atoms with Crippen LogP contribution in [-0.2, 0) is 32.4 Å². The van der Waals surface area contributed by atoms with Gasteiger partial charge in [-0.1, -0.05) is 63.2 Å². The Hall–Kier alpha value is -5.16. The molecule has 2 heterocycles. The molecular weight excluding hydrogens is 717 g/mol. The summed E-state index contributed by atoms with van der Waals surface area (Å²) in [7, 11) is -7.54. The van der Waals surface area contributed by atoms with Crippen molar-refractivity contribution in [2.75, 3.05) is 0 Å². The van der Waals surface area contributed by atoms with Gasteiger partial charge >= 0.3 is 10.1 Å². The molecule has 0 spiro atoms. The quantitative estimate of drug-likeness (QED) is 0.115. The molecule has 0 unspecified atom stereocenters. The molecule has 8 nitrogen and oxygen atoms in total. The minimum Gasteiger partial charge on any atom is -0.488 e. The first-order valence-corrected chi connectivity index (χ1v) is 20.6. The van der Waals surface area contributed by atoms with Gasteiger partial charge in [0.25, 0.3) is 0 Å². The fourth-order valence-corrected chi connectivity index (χ4v) is 10.9. The molecule has 0 bridgehead atoms. The maximum absolute atomic E-state index is 14.7. The average molecular weight is 763 g/mol. The third-order valence-electron chi connectivity index (χ3n) is 8.26. The van der Waals surface area contributed by atoms with Gasteiger partial charge in [0.05, 0.1) is 16.3 Å². The summed E-state index contributed by atoms with van der Waals surface area (Å²) in [5.74, 6) is 1.61. The summed E-state index contributed by atoms with van der Waals surface area (Å²) in [6.07, 6.45) is 3.43. The predicted molar refractivity (Wildman–Crippen MR) is 213 cm³/mol. The lowest BCUT2D eigenvalue weighted by atomic mass is 9.87. The van der Waals surface area contributed by atoms with Gasteiger partial charge in [-0.2, -0.15) is 8.42 Å². The molecule has 0 N–H and O–H groups in total. The van der Waals surface area contributed by atoms with Gasteiger partial charge in [0, 0.05) is 27.1 Å². The van der Waals surface area contributed by atoms with Gasteiger partial charge < -0.3 is 14.2 Å². The normalized spacial score (nSPS) is 12.6. The number of pyridine rings is 2. The lowest BCUT2D eigenvalue weighted by Gasteiger charge is -2.40. The lowest BCUT2D eigenvalue weighted by Crippen LogP contribution is -2.23. The van der Waals surface area contributed by atoms with E-state index in [-0.39, 0.29) is 23.5 Å². The maximum Gasteiger partial charge on any atom is 0.307 e. The zero-order chi connectivity index (χ0) is 38.4. The average Bonchev–Trinajstić information content (AvgIpc) is 3.15. The van der Waals surface area contributed by atoms with E-state index in [4.69, 9.17) is 17.8 Å². The molecular formula is C44H46N2O6S2. The van der Waals surface area contributed by atoms with Gasteiger partial charge in [-0.3, -0.25) is 9.97 Å². The highest BCUT2D eigenvalue weighted by Gasteiger charge is 2.39. The second kappa shape index (κ2) is 16.1. The number of benzene rings is 4. The van der Waals surface area contributed by atoms with Crippen LogP contribution in [0, 0.1) is 0 Å². The van der Waals surface area contributed by atoms with Gasteiger partial charge in [0.15, 0.2) is 0 Å². The van der Waals surface area contributed by atoms with Crippen molar-refractivity contribution < 1.29 is 26.3 Å². The van der Waals surface area contributed by atoms with Crippen molar-refractivity contribution in [1.29, 1.82) is 0 Å². The Balaban J connectivity index is 1.55. The molecule has 0 saturated carbocycles. The highest BCUT2D eigenvalue weighted by molar-refractivity contribution is 8.33. The zero-order valence-corrected chi connectivity index (χ0v) is 33.1. The first-order valence-electron chi connectivity index (χ1n) is 17.7. The van der Waals surface area contributed by atoms with E-state index in [9.17, 15) is 8.42 Å². The van der Waals surface area contributed by atoms with Gasteiger partial charge in [0.2, 0.25) is 0 Å². The van der Waals surface area contributed by atoms with E-state index in [1.807, 2.05) is 142 Å². The van der Waals surface area contributed by atoms with Crippen LogP contribution in [-0.4, -0.2) is 24.0 Å². The summed E-state index contributed by atoms with van der Waals surface area (Å²) in [5.41, 5.74) is 1.82. The molecule has 6 rings (SSSR count). The van der Waals surface area contributed by atoms with Crippen LogP contribution in [0.15, 0.2) is 165 Å². The Morgan fingerprint density at radius 1 is 0.519 bits per heavy atom. The highest BCUT2D eigenvalue weighted by Crippen LogP contribution is 2.71. The van der Waals surface area contributed by atoms with E-state index >= 15 is 0 Å². The smallest absolute Gasteiger partial charge is 0.307 e. The molecule has 280 valence electrons. The highest BCUT2D eigenvalue weighted by atomic mass is 32.3. The molecule has 0 fully saturated rings. The molecule has 0 saturated heterocycles. The van der Waals surface area contributed by atoms with Crippen molar-refractivity contribution >= 4 is 20.4 Å². The van der Waals surface area contributed by atoms with Gasteiger partial charge in [0.1, 0.15) is 36.1 Å². The fraction of sp³-hybridized carbons (Fsp3) is 0.227. The predicted octanol–water partition coefficient (Wildman–Crippen LogP) is 10.7. The molecule has 0 radical (unpaired) electrons. The summed E-state index contributed by atoms with van der Waals surface area (Å²) < 4.78 is 55.1. The van der Waals surface area contributed by atoms with Gasteiger partial charge in [-0.25, -0.2) is 3.63 Å². The van der Waals surface area contributed by atoms with E-state index in [1.165, 1.54) is 0 Å². The van der Waals surface area contributed by atoms with Crippen LogP contribution in [0.25, 0.3) is 0 Å². The third-order valence-corrected chi connectivity index (χ3v) is 13.4. The van der Waals surface area contributed by atoms with Crippen molar-refractivity contribution in [3.8, 4) is 17.2 Å². The summed E-state index contributed by atoms with van der Waals surface area (Å²) in [4.78, 5) is 10.6. The van der Waals surface area contributed by atoms with Crippen LogP contribution >= 0.6 is 10.3 Å². The second-order valence-electron chi connectivity index (χ2n) is 14.7. The lowest BCUT2D eigenvalue weighted by molar-refractivity contribution is 0.130. The topological polar surface area (TPSA) is 96.8 Å². The number of hydrogen-bond donors (Lipinski definition) is 0. The standard InChI is InChI=1S/C44H46N2O6S2/c1-43(2,3)33-22-24-39(25-23-33)54(47,48)52-53(42-21-13-18-38(30-42)51-44(4,5)6,40-19-11-16-36(28-40)49-31-34-14-7-9-26-45-34)41-20-12-17-37(29-41)50-32-35-15-8-10-27-46-35/h7-30H,31-32H2,1-6H3. The maximum atomic E-state index is 14.7. The van der Waals surface area contributed by atoms with Crippen LogP contribution in [0.4, 0.5) is 0 Å². The molecule has 0 aliphatic heterocycles. The molecule has 54 heavy (non-hydrogen) atoms. The molecule has 2 aromatic heterocycles. The minimum absolute atomic E-state index is 0.0413. The Kier molecular flexibility index (Phi) is 11.5. The molecule has 4 aromatic carbocycles. The number of hydrogen-bond acceptors (Lipinski definition) is 8. The molecule has 0 atom stereocenters. The number of nitrogens with zero attached hydrogens (tertiary/aromatic N) is 2. The van der Waals surface area contributed by atoms with Crippen LogP contribution < -0.4 is 14.2 Å². The van der Waals surface area contributed by atoms with Crippen molar-refractivity contribution in [2.24, 2.45) is 0 Å². The first kappa shape index (κ1) is 38.6. The van der Waals surface area contributed by atoms with Crippen molar-refractivity contribution in [3.63, 3.8) is 0 Å². The molecule has 0 aliphatic rings. The second-order valence-corrected chi connectivity index (χ2v) is 19.2. The summed E-state index contributed by atoms with van der Waals surface area (Å²) in [6, 6.07) is 40.4. The molecule has 10 heteroatoms. The Morgan fingerprint density at radius 2 is 0.981 bits per heavy atom. The Labute approximate surface area is 320 Å². The minimum atomic E-state index is -4.41. The van der Waals surface area contributed by atoms with Crippen LogP contribution in [0.2, 0.25) is 0 Å². The molecule has 0 aliphatic carbocycles. The summed E-state index contributed by atoms with van der Waals surface area (Å²) >= 11 is 0. The largest absolute Gasteiger partial charge is 0.488 e. The van der Waals surface area contributed by atoms with Crippen molar-refractivity contribution in [2.45, 2.75) is 85.4 Å². The first-order chi connectivity index (χ1) is 25.7.